The summed E-state index contributed by atoms with van der Waals surface area (Å²) in [5, 5.41) is 14.6. The van der Waals surface area contributed by atoms with E-state index in [0.717, 1.165) is 11.3 Å². The normalized spacial score (nSPS) is 10.8. The van der Waals surface area contributed by atoms with Gasteiger partial charge in [-0.3, -0.25) is 4.79 Å². The van der Waals surface area contributed by atoms with Crippen molar-refractivity contribution < 1.29 is 9.21 Å². The van der Waals surface area contributed by atoms with E-state index < -0.39 is 5.91 Å². The molecule has 0 atom stereocenters. The number of nitriles is 1. The first kappa shape index (κ1) is 14.4. The van der Waals surface area contributed by atoms with Crippen molar-refractivity contribution in [1.29, 1.82) is 5.26 Å². The average molecular weight is 281 g/mol. The Kier molecular flexibility index (Phi) is 4.78. The van der Waals surface area contributed by atoms with E-state index in [1.165, 1.54) is 12.5 Å². The Morgan fingerprint density at radius 1 is 1.33 bits per heavy atom. The minimum absolute atomic E-state index is 0.00197. The third-order valence-electron chi connectivity index (χ3n) is 2.80. The number of hydrogen-bond donors (Lipinski definition) is 2. The zero-order valence-corrected chi connectivity index (χ0v) is 11.6. The minimum atomic E-state index is -0.450. The van der Waals surface area contributed by atoms with Crippen molar-refractivity contribution in [2.24, 2.45) is 0 Å². The number of amides is 1. The number of aryl methyl sites for hydroxylation is 1. The predicted octanol–water partition coefficient (Wildman–Crippen LogP) is 2.72. The smallest absolute Gasteiger partial charge is 0.263 e. The molecule has 0 radical (unpaired) electrons. The molecule has 0 saturated heterocycles. The van der Waals surface area contributed by atoms with Gasteiger partial charge in [0.05, 0.1) is 12.8 Å². The van der Waals surface area contributed by atoms with Crippen LogP contribution in [-0.2, 0) is 11.3 Å². The number of anilines is 1. The van der Waals surface area contributed by atoms with E-state index in [1.807, 2.05) is 37.3 Å². The van der Waals surface area contributed by atoms with Crippen LogP contribution in [-0.4, -0.2) is 5.91 Å². The maximum Gasteiger partial charge on any atom is 0.263 e. The highest BCUT2D eigenvalue weighted by atomic mass is 16.3. The molecule has 106 valence electrons. The number of nitrogens with zero attached hydrogens (tertiary/aromatic N) is 1. The summed E-state index contributed by atoms with van der Waals surface area (Å²) in [6.45, 7) is 2.23. The van der Waals surface area contributed by atoms with E-state index in [2.05, 4.69) is 10.6 Å². The van der Waals surface area contributed by atoms with Crippen molar-refractivity contribution in [3.63, 3.8) is 0 Å². The van der Waals surface area contributed by atoms with Gasteiger partial charge in [-0.15, -0.1) is 0 Å². The largest absolute Gasteiger partial charge is 0.467 e. The fourth-order valence-electron chi connectivity index (χ4n) is 1.63. The number of benzene rings is 1. The van der Waals surface area contributed by atoms with E-state index in [4.69, 9.17) is 9.68 Å². The van der Waals surface area contributed by atoms with Crippen molar-refractivity contribution in [1.82, 2.24) is 5.32 Å². The molecule has 2 rings (SSSR count). The molecule has 0 aliphatic heterocycles. The molecule has 0 aliphatic rings. The summed E-state index contributed by atoms with van der Waals surface area (Å²) in [6, 6.07) is 13.0. The van der Waals surface area contributed by atoms with Gasteiger partial charge < -0.3 is 15.1 Å². The summed E-state index contributed by atoms with van der Waals surface area (Å²) in [4.78, 5) is 11.9. The van der Waals surface area contributed by atoms with Crippen LogP contribution in [0.4, 0.5) is 5.69 Å². The maximum absolute atomic E-state index is 11.9. The van der Waals surface area contributed by atoms with Crippen molar-refractivity contribution in [3.05, 3.63) is 65.8 Å². The SMILES string of the molecule is Cc1ccc(NC=C(C#N)C(=O)NCc2ccco2)cc1. The molecule has 0 unspecified atom stereocenters. The molecule has 1 aromatic carbocycles. The minimum Gasteiger partial charge on any atom is -0.467 e. The first-order valence-corrected chi connectivity index (χ1v) is 6.43. The molecule has 2 aromatic rings. The van der Waals surface area contributed by atoms with E-state index in [0.29, 0.717) is 5.76 Å². The Morgan fingerprint density at radius 3 is 2.71 bits per heavy atom. The Labute approximate surface area is 122 Å². The van der Waals surface area contributed by atoms with Gasteiger partial charge in [-0.25, -0.2) is 0 Å². The number of furan rings is 1. The zero-order valence-electron chi connectivity index (χ0n) is 11.6. The second kappa shape index (κ2) is 6.96. The summed E-state index contributed by atoms with van der Waals surface area (Å²) >= 11 is 0. The number of carbonyl (C=O) groups excluding carboxylic acids is 1. The highest BCUT2D eigenvalue weighted by Gasteiger charge is 2.09. The van der Waals surface area contributed by atoms with Crippen LogP contribution in [0.3, 0.4) is 0 Å². The Morgan fingerprint density at radius 2 is 2.10 bits per heavy atom. The van der Waals surface area contributed by atoms with Crippen LogP contribution in [0.2, 0.25) is 0 Å². The van der Waals surface area contributed by atoms with Crippen LogP contribution < -0.4 is 10.6 Å². The third-order valence-corrected chi connectivity index (χ3v) is 2.80. The van der Waals surface area contributed by atoms with Gasteiger partial charge in [0.2, 0.25) is 0 Å². The second-order valence-corrected chi connectivity index (χ2v) is 4.44. The molecule has 5 heteroatoms. The van der Waals surface area contributed by atoms with Crippen LogP contribution >= 0.6 is 0 Å². The zero-order chi connectivity index (χ0) is 15.1. The first-order valence-electron chi connectivity index (χ1n) is 6.43. The first-order chi connectivity index (χ1) is 10.2. The standard InChI is InChI=1S/C16H15N3O2/c1-12-4-6-14(7-5-12)18-10-13(9-17)16(20)19-11-15-3-2-8-21-15/h2-8,10,18H,11H2,1H3,(H,19,20). The van der Waals surface area contributed by atoms with Gasteiger partial charge in [-0.05, 0) is 31.2 Å². The number of rotatable bonds is 5. The summed E-state index contributed by atoms with van der Waals surface area (Å²) in [7, 11) is 0. The van der Waals surface area contributed by atoms with Gasteiger partial charge >= 0.3 is 0 Å². The fraction of sp³-hybridized carbons (Fsp3) is 0.125. The molecule has 0 spiro atoms. The summed E-state index contributed by atoms with van der Waals surface area (Å²) in [6.07, 6.45) is 2.92. The van der Waals surface area contributed by atoms with E-state index >= 15 is 0 Å². The van der Waals surface area contributed by atoms with Crippen LogP contribution in [0.25, 0.3) is 0 Å². The predicted molar refractivity (Wildman–Crippen MR) is 79.1 cm³/mol. The molecule has 21 heavy (non-hydrogen) atoms. The summed E-state index contributed by atoms with van der Waals surface area (Å²) in [5.74, 6) is 0.181. The van der Waals surface area contributed by atoms with Crippen molar-refractivity contribution in [3.8, 4) is 6.07 Å². The Hall–Kier alpha value is -3.00. The number of nitrogens with one attached hydrogen (secondary N) is 2. The van der Waals surface area contributed by atoms with Gasteiger partial charge in [0.1, 0.15) is 17.4 Å². The van der Waals surface area contributed by atoms with Crippen molar-refractivity contribution in [2.75, 3.05) is 5.32 Å². The lowest BCUT2D eigenvalue weighted by Gasteiger charge is -2.04. The molecular weight excluding hydrogens is 266 g/mol. The Balaban J connectivity index is 1.94. The highest BCUT2D eigenvalue weighted by molar-refractivity contribution is 5.97. The molecule has 0 bridgehead atoms. The molecule has 0 saturated carbocycles. The molecule has 1 heterocycles. The molecular formula is C16H15N3O2. The molecule has 5 nitrogen and oxygen atoms in total. The lowest BCUT2D eigenvalue weighted by molar-refractivity contribution is -0.117. The van der Waals surface area contributed by atoms with Gasteiger partial charge in [0.25, 0.3) is 5.91 Å². The lowest BCUT2D eigenvalue weighted by Crippen LogP contribution is -2.24. The van der Waals surface area contributed by atoms with Gasteiger partial charge in [0, 0.05) is 11.9 Å². The van der Waals surface area contributed by atoms with Crippen molar-refractivity contribution in [2.45, 2.75) is 13.5 Å². The molecule has 0 aliphatic carbocycles. The van der Waals surface area contributed by atoms with Crippen LogP contribution in [0.15, 0.2) is 58.9 Å². The topological polar surface area (TPSA) is 78.1 Å². The maximum atomic E-state index is 11.9. The Bertz CT molecular complexity index is 665. The van der Waals surface area contributed by atoms with E-state index in [9.17, 15) is 4.79 Å². The summed E-state index contributed by atoms with van der Waals surface area (Å²) in [5.41, 5.74) is 1.95. The van der Waals surface area contributed by atoms with Gasteiger partial charge in [-0.1, -0.05) is 17.7 Å². The summed E-state index contributed by atoms with van der Waals surface area (Å²) < 4.78 is 5.11. The second-order valence-electron chi connectivity index (χ2n) is 4.44. The molecule has 1 amide bonds. The quantitative estimate of drug-likeness (QED) is 0.652. The van der Waals surface area contributed by atoms with Crippen molar-refractivity contribution >= 4 is 11.6 Å². The average Bonchev–Trinajstić information content (AvgIpc) is 3.01. The third kappa shape index (κ3) is 4.25. The van der Waals surface area contributed by atoms with E-state index in [1.54, 1.807) is 12.1 Å². The molecule has 0 fully saturated rings. The highest BCUT2D eigenvalue weighted by Crippen LogP contribution is 2.09. The number of carbonyl (C=O) groups is 1. The molecule has 2 N–H and O–H groups in total. The van der Waals surface area contributed by atoms with Crippen LogP contribution in [0.1, 0.15) is 11.3 Å². The van der Waals surface area contributed by atoms with Gasteiger partial charge in [0.15, 0.2) is 0 Å². The van der Waals surface area contributed by atoms with E-state index in [-0.39, 0.29) is 12.1 Å². The monoisotopic (exact) mass is 281 g/mol. The van der Waals surface area contributed by atoms with Gasteiger partial charge in [-0.2, -0.15) is 5.26 Å². The van der Waals surface area contributed by atoms with Crippen LogP contribution in [0, 0.1) is 18.3 Å². The fourth-order valence-corrected chi connectivity index (χ4v) is 1.63. The lowest BCUT2D eigenvalue weighted by atomic mass is 10.2. The van der Waals surface area contributed by atoms with Crippen LogP contribution in [0.5, 0.6) is 0 Å². The molecule has 1 aromatic heterocycles. The number of hydrogen-bond acceptors (Lipinski definition) is 4.